The molecule has 0 spiro atoms. The molecule has 6 heteroatoms. The third-order valence-corrected chi connectivity index (χ3v) is 3.10. The standard InChI is InChI=1S/C12H15ClN4.ClH/c1-12(2)9(10(14)16-11(15)17-12)7-3-5-8(13)6-4-7;/h3-6,9H,1-2H3,(H4,14,15,16,17);1H. The number of benzene rings is 1. The SMILES string of the molecule is CC1(C)N=C(N)N=C(N)C1c1ccc(Cl)cc1.Cl. The number of rotatable bonds is 1. The summed E-state index contributed by atoms with van der Waals surface area (Å²) in [6, 6.07) is 7.55. The predicted octanol–water partition coefficient (Wildman–Crippen LogP) is 2.31. The second-order valence-electron chi connectivity index (χ2n) is 4.64. The number of guanidine groups is 1. The maximum absolute atomic E-state index is 5.97. The van der Waals surface area contributed by atoms with E-state index in [1.54, 1.807) is 0 Å². The summed E-state index contributed by atoms with van der Waals surface area (Å²) in [6.07, 6.45) is 0. The number of amidine groups is 1. The molecule has 0 saturated carbocycles. The van der Waals surface area contributed by atoms with E-state index in [4.69, 9.17) is 23.1 Å². The maximum atomic E-state index is 5.97. The molecule has 0 bridgehead atoms. The van der Waals surface area contributed by atoms with E-state index in [1.165, 1.54) is 0 Å². The van der Waals surface area contributed by atoms with Crippen LogP contribution in [0.3, 0.4) is 0 Å². The minimum Gasteiger partial charge on any atom is -0.386 e. The average molecular weight is 287 g/mol. The zero-order valence-electron chi connectivity index (χ0n) is 10.2. The lowest BCUT2D eigenvalue weighted by molar-refractivity contribution is 0.479. The van der Waals surface area contributed by atoms with Gasteiger partial charge in [-0.25, -0.2) is 9.98 Å². The van der Waals surface area contributed by atoms with Gasteiger partial charge in [0.15, 0.2) is 0 Å². The Morgan fingerprint density at radius 2 is 1.72 bits per heavy atom. The van der Waals surface area contributed by atoms with E-state index in [2.05, 4.69) is 9.98 Å². The Bertz CT molecular complexity index is 491. The molecule has 4 nitrogen and oxygen atoms in total. The maximum Gasteiger partial charge on any atom is 0.217 e. The van der Waals surface area contributed by atoms with Crippen LogP contribution in [-0.2, 0) is 0 Å². The molecule has 98 valence electrons. The Labute approximate surface area is 118 Å². The number of halogens is 2. The summed E-state index contributed by atoms with van der Waals surface area (Å²) in [5, 5.41) is 0.695. The number of hydrogen-bond acceptors (Lipinski definition) is 4. The highest BCUT2D eigenvalue weighted by molar-refractivity contribution is 6.30. The van der Waals surface area contributed by atoms with Gasteiger partial charge in [0.25, 0.3) is 0 Å². The van der Waals surface area contributed by atoms with Gasteiger partial charge in [-0.1, -0.05) is 23.7 Å². The summed E-state index contributed by atoms with van der Waals surface area (Å²) in [5.74, 6) is 0.648. The number of nitrogens with two attached hydrogens (primary N) is 2. The van der Waals surface area contributed by atoms with E-state index in [9.17, 15) is 0 Å². The number of hydrogen-bond donors (Lipinski definition) is 2. The van der Waals surface area contributed by atoms with Crippen LogP contribution in [0, 0.1) is 0 Å². The van der Waals surface area contributed by atoms with Crippen LogP contribution in [0.4, 0.5) is 0 Å². The largest absolute Gasteiger partial charge is 0.386 e. The zero-order valence-corrected chi connectivity index (χ0v) is 11.8. The zero-order chi connectivity index (χ0) is 12.6. The van der Waals surface area contributed by atoms with Crippen molar-refractivity contribution in [3.05, 3.63) is 34.9 Å². The molecule has 0 fully saturated rings. The topological polar surface area (TPSA) is 76.8 Å². The van der Waals surface area contributed by atoms with E-state index >= 15 is 0 Å². The van der Waals surface area contributed by atoms with Crippen molar-refractivity contribution in [2.24, 2.45) is 21.5 Å². The molecular weight excluding hydrogens is 271 g/mol. The normalized spacial score (nSPS) is 21.6. The van der Waals surface area contributed by atoms with Gasteiger partial charge in [-0.3, -0.25) is 0 Å². The highest BCUT2D eigenvalue weighted by atomic mass is 35.5. The van der Waals surface area contributed by atoms with Crippen molar-refractivity contribution in [2.75, 3.05) is 0 Å². The lowest BCUT2D eigenvalue weighted by Crippen LogP contribution is -2.43. The molecule has 0 aromatic heterocycles. The Kier molecular flexibility index (Phi) is 4.24. The Morgan fingerprint density at radius 3 is 2.22 bits per heavy atom. The lowest BCUT2D eigenvalue weighted by Gasteiger charge is -2.33. The summed E-state index contributed by atoms with van der Waals surface area (Å²) in [7, 11) is 0. The van der Waals surface area contributed by atoms with Crippen molar-refractivity contribution in [1.82, 2.24) is 0 Å². The molecule has 0 radical (unpaired) electrons. The molecule has 0 saturated heterocycles. The monoisotopic (exact) mass is 286 g/mol. The Hall–Kier alpha value is -1.26. The molecule has 1 aromatic carbocycles. The van der Waals surface area contributed by atoms with Gasteiger partial charge in [-0.15, -0.1) is 12.4 Å². The summed E-state index contributed by atoms with van der Waals surface area (Å²) in [6.45, 7) is 3.97. The van der Waals surface area contributed by atoms with Crippen LogP contribution in [-0.4, -0.2) is 17.3 Å². The van der Waals surface area contributed by atoms with Gasteiger partial charge >= 0.3 is 0 Å². The van der Waals surface area contributed by atoms with Crippen LogP contribution in [0.5, 0.6) is 0 Å². The average Bonchev–Trinajstić information content (AvgIpc) is 2.18. The van der Waals surface area contributed by atoms with Gasteiger partial charge < -0.3 is 11.5 Å². The van der Waals surface area contributed by atoms with Gasteiger partial charge in [-0.2, -0.15) is 0 Å². The summed E-state index contributed by atoms with van der Waals surface area (Å²) < 4.78 is 0. The van der Waals surface area contributed by atoms with Crippen LogP contribution in [0.15, 0.2) is 34.3 Å². The summed E-state index contributed by atoms with van der Waals surface area (Å²) in [5.41, 5.74) is 12.2. The van der Waals surface area contributed by atoms with Gasteiger partial charge in [-0.05, 0) is 31.5 Å². The molecule has 2 rings (SSSR count). The molecule has 1 heterocycles. The van der Waals surface area contributed by atoms with Crippen molar-refractivity contribution in [2.45, 2.75) is 25.3 Å². The quantitative estimate of drug-likeness (QED) is 0.831. The third kappa shape index (κ3) is 2.76. The van der Waals surface area contributed by atoms with E-state index < -0.39 is 5.54 Å². The highest BCUT2D eigenvalue weighted by Crippen LogP contribution is 2.34. The number of nitrogens with zero attached hydrogens (tertiary/aromatic N) is 2. The molecule has 18 heavy (non-hydrogen) atoms. The summed E-state index contributed by atoms with van der Waals surface area (Å²) >= 11 is 5.87. The third-order valence-electron chi connectivity index (χ3n) is 2.85. The molecule has 1 aliphatic heterocycles. The molecule has 1 aromatic rings. The lowest BCUT2D eigenvalue weighted by atomic mass is 9.81. The second-order valence-corrected chi connectivity index (χ2v) is 5.08. The highest BCUT2D eigenvalue weighted by Gasteiger charge is 2.36. The predicted molar refractivity (Wildman–Crippen MR) is 78.8 cm³/mol. The first-order valence-corrected chi connectivity index (χ1v) is 5.73. The molecule has 1 unspecified atom stereocenters. The minimum absolute atomic E-state index is 0. The molecule has 1 aliphatic rings. The first-order valence-electron chi connectivity index (χ1n) is 5.35. The van der Waals surface area contributed by atoms with Crippen LogP contribution in [0.1, 0.15) is 25.3 Å². The van der Waals surface area contributed by atoms with Gasteiger partial charge in [0, 0.05) is 5.02 Å². The smallest absolute Gasteiger partial charge is 0.217 e. The van der Waals surface area contributed by atoms with E-state index in [-0.39, 0.29) is 24.3 Å². The van der Waals surface area contributed by atoms with Crippen LogP contribution in [0.25, 0.3) is 0 Å². The summed E-state index contributed by atoms with van der Waals surface area (Å²) in [4.78, 5) is 8.39. The molecule has 0 aliphatic carbocycles. The van der Waals surface area contributed by atoms with Crippen molar-refractivity contribution in [1.29, 1.82) is 0 Å². The fourth-order valence-electron chi connectivity index (χ4n) is 2.18. The van der Waals surface area contributed by atoms with Crippen LogP contribution in [0.2, 0.25) is 5.02 Å². The molecule has 4 N–H and O–H groups in total. The van der Waals surface area contributed by atoms with Crippen molar-refractivity contribution in [3.63, 3.8) is 0 Å². The van der Waals surface area contributed by atoms with Crippen molar-refractivity contribution in [3.8, 4) is 0 Å². The van der Waals surface area contributed by atoms with E-state index in [0.717, 1.165) is 5.56 Å². The second kappa shape index (κ2) is 5.16. The first-order chi connectivity index (χ1) is 7.90. The molecule has 0 amide bonds. The van der Waals surface area contributed by atoms with E-state index in [1.807, 2.05) is 38.1 Å². The van der Waals surface area contributed by atoms with Crippen LogP contribution >= 0.6 is 24.0 Å². The van der Waals surface area contributed by atoms with Crippen molar-refractivity contribution < 1.29 is 0 Å². The van der Waals surface area contributed by atoms with Crippen LogP contribution < -0.4 is 11.5 Å². The van der Waals surface area contributed by atoms with Gasteiger partial charge in [0.1, 0.15) is 5.84 Å². The van der Waals surface area contributed by atoms with E-state index in [0.29, 0.717) is 10.9 Å². The Morgan fingerprint density at radius 1 is 1.17 bits per heavy atom. The van der Waals surface area contributed by atoms with Gasteiger partial charge in [0.2, 0.25) is 5.96 Å². The molecular formula is C12H16Cl2N4. The fraction of sp³-hybridized carbons (Fsp3) is 0.333. The minimum atomic E-state index is -0.399. The molecule has 1 atom stereocenters. The Balaban J connectivity index is 0.00000162. The van der Waals surface area contributed by atoms with Gasteiger partial charge in [0.05, 0.1) is 11.5 Å². The first kappa shape index (κ1) is 14.8. The fourth-order valence-corrected chi connectivity index (χ4v) is 2.30. The van der Waals surface area contributed by atoms with Crippen molar-refractivity contribution >= 4 is 35.8 Å². The number of aliphatic imine (C=N–C) groups is 2.